The number of aromatic carboxylic acids is 1. The number of nitrogens with zero attached hydrogens (tertiary/aromatic N) is 1. The van der Waals surface area contributed by atoms with E-state index in [9.17, 15) is 22.8 Å². The number of benzene rings is 1. The molecular weight excluding hydrogens is 325 g/mol. The molecular formula is C16H13F3N2O3. The molecule has 1 aliphatic heterocycles. The molecule has 0 atom stereocenters. The van der Waals surface area contributed by atoms with Gasteiger partial charge in [-0.3, -0.25) is 4.79 Å². The number of fused-ring (bicyclic) bond motifs is 1. The predicted molar refractivity (Wildman–Crippen MR) is 77.6 cm³/mol. The smallest absolute Gasteiger partial charge is 0.417 e. The number of carbonyl (C=O) groups excluding carboxylic acids is 1. The number of hydrogen-bond donors (Lipinski definition) is 2. The molecule has 1 aromatic carbocycles. The summed E-state index contributed by atoms with van der Waals surface area (Å²) >= 11 is 0. The van der Waals surface area contributed by atoms with E-state index in [-0.39, 0.29) is 18.8 Å². The number of halogens is 3. The quantitative estimate of drug-likeness (QED) is 0.884. The molecule has 1 aliphatic rings. The summed E-state index contributed by atoms with van der Waals surface area (Å²) in [4.78, 5) is 27.5. The minimum Gasteiger partial charge on any atom is -0.477 e. The van der Waals surface area contributed by atoms with E-state index in [0.717, 1.165) is 17.7 Å². The number of aromatic nitrogens is 1. The molecule has 24 heavy (non-hydrogen) atoms. The van der Waals surface area contributed by atoms with Crippen LogP contribution >= 0.6 is 0 Å². The van der Waals surface area contributed by atoms with Gasteiger partial charge >= 0.3 is 12.1 Å². The fourth-order valence-electron chi connectivity index (χ4n) is 2.81. The Bertz CT molecular complexity index is 811. The van der Waals surface area contributed by atoms with Gasteiger partial charge < -0.3 is 15.0 Å². The Morgan fingerprint density at radius 2 is 1.92 bits per heavy atom. The Kier molecular flexibility index (Phi) is 3.82. The summed E-state index contributed by atoms with van der Waals surface area (Å²) in [5, 5.41) is 8.98. The molecule has 5 nitrogen and oxygen atoms in total. The topological polar surface area (TPSA) is 73.4 Å². The number of amides is 1. The average molecular weight is 338 g/mol. The minimum atomic E-state index is -4.61. The van der Waals surface area contributed by atoms with E-state index in [1.807, 2.05) is 0 Å². The molecule has 0 aliphatic carbocycles. The van der Waals surface area contributed by atoms with Crippen LogP contribution in [0.1, 0.15) is 37.7 Å². The van der Waals surface area contributed by atoms with Crippen LogP contribution in [-0.4, -0.2) is 33.4 Å². The van der Waals surface area contributed by atoms with Crippen LogP contribution in [-0.2, 0) is 19.1 Å². The Balaban J connectivity index is 1.89. The van der Waals surface area contributed by atoms with E-state index in [0.29, 0.717) is 12.1 Å². The normalized spacial score (nSPS) is 14.4. The molecule has 2 N–H and O–H groups in total. The van der Waals surface area contributed by atoms with Gasteiger partial charge in [-0.15, -0.1) is 0 Å². The van der Waals surface area contributed by atoms with Gasteiger partial charge in [0.1, 0.15) is 5.69 Å². The number of aromatic amines is 1. The second-order valence-corrected chi connectivity index (χ2v) is 5.51. The Labute approximate surface area is 134 Å². The largest absolute Gasteiger partial charge is 0.477 e. The third-order valence-corrected chi connectivity index (χ3v) is 3.97. The van der Waals surface area contributed by atoms with Crippen LogP contribution in [0.25, 0.3) is 0 Å². The summed E-state index contributed by atoms with van der Waals surface area (Å²) in [6.45, 7) is 0.280. The number of rotatable bonds is 2. The molecule has 2 heterocycles. The molecule has 0 unspecified atom stereocenters. The van der Waals surface area contributed by atoms with E-state index >= 15 is 0 Å². The summed E-state index contributed by atoms with van der Waals surface area (Å²) in [5.74, 6) is -1.84. The van der Waals surface area contributed by atoms with Crippen molar-refractivity contribution in [2.45, 2.75) is 19.1 Å². The van der Waals surface area contributed by atoms with Gasteiger partial charge in [0.25, 0.3) is 5.91 Å². The molecule has 0 spiro atoms. The highest BCUT2D eigenvalue weighted by atomic mass is 19.4. The Morgan fingerprint density at radius 3 is 2.58 bits per heavy atom. The second-order valence-electron chi connectivity index (χ2n) is 5.51. The molecule has 0 fully saturated rings. The van der Waals surface area contributed by atoms with Crippen molar-refractivity contribution in [2.24, 2.45) is 0 Å². The fourth-order valence-corrected chi connectivity index (χ4v) is 2.81. The minimum absolute atomic E-state index is 0.00462. The summed E-state index contributed by atoms with van der Waals surface area (Å²) < 4.78 is 39.2. The Hall–Kier alpha value is -2.77. The summed E-state index contributed by atoms with van der Waals surface area (Å²) in [6.07, 6.45) is -4.23. The highest BCUT2D eigenvalue weighted by Gasteiger charge is 2.36. The van der Waals surface area contributed by atoms with Crippen molar-refractivity contribution in [3.63, 3.8) is 0 Å². The van der Waals surface area contributed by atoms with Gasteiger partial charge in [-0.2, -0.15) is 13.2 Å². The number of hydrogen-bond acceptors (Lipinski definition) is 2. The number of alkyl halides is 3. The average Bonchev–Trinajstić information content (AvgIpc) is 2.96. The van der Waals surface area contributed by atoms with Crippen molar-refractivity contribution < 1.29 is 27.9 Å². The monoisotopic (exact) mass is 338 g/mol. The zero-order valence-electron chi connectivity index (χ0n) is 12.4. The van der Waals surface area contributed by atoms with E-state index in [1.165, 1.54) is 23.1 Å². The summed E-state index contributed by atoms with van der Waals surface area (Å²) in [5.41, 5.74) is -0.0704. The molecule has 0 saturated heterocycles. The van der Waals surface area contributed by atoms with Crippen molar-refractivity contribution in [1.29, 1.82) is 0 Å². The molecule has 0 bridgehead atoms. The second kappa shape index (κ2) is 5.70. The van der Waals surface area contributed by atoms with Gasteiger partial charge in [0, 0.05) is 12.2 Å². The highest BCUT2D eigenvalue weighted by molar-refractivity contribution is 5.96. The van der Waals surface area contributed by atoms with Crippen LogP contribution in [0.15, 0.2) is 30.3 Å². The van der Waals surface area contributed by atoms with Crippen molar-refractivity contribution in [2.75, 3.05) is 6.54 Å². The molecule has 1 aromatic heterocycles. The van der Waals surface area contributed by atoms with Crippen molar-refractivity contribution in [3.8, 4) is 0 Å². The van der Waals surface area contributed by atoms with Crippen LogP contribution in [0.3, 0.4) is 0 Å². The first kappa shape index (κ1) is 16.1. The lowest BCUT2D eigenvalue weighted by atomic mass is 10.0. The number of carboxylic acid groups (broad SMARTS) is 1. The molecule has 0 saturated carbocycles. The molecule has 0 radical (unpaired) electrons. The van der Waals surface area contributed by atoms with Gasteiger partial charge in [0.15, 0.2) is 0 Å². The first-order chi connectivity index (χ1) is 11.3. The van der Waals surface area contributed by atoms with Crippen molar-refractivity contribution in [3.05, 3.63) is 58.4 Å². The maximum absolute atomic E-state index is 13.1. The van der Waals surface area contributed by atoms with E-state index < -0.39 is 29.2 Å². The van der Waals surface area contributed by atoms with E-state index in [2.05, 4.69) is 4.98 Å². The maximum atomic E-state index is 13.1. The SMILES string of the molecule is O=C(O)c1cc2c([nH]1)CN(C(=O)c1ccccc1C(F)(F)F)CC2. The van der Waals surface area contributed by atoms with E-state index in [1.54, 1.807) is 0 Å². The molecule has 1 amide bonds. The van der Waals surface area contributed by atoms with Gasteiger partial charge in [-0.1, -0.05) is 12.1 Å². The van der Waals surface area contributed by atoms with Crippen LogP contribution < -0.4 is 0 Å². The first-order valence-electron chi connectivity index (χ1n) is 7.17. The van der Waals surface area contributed by atoms with Crippen LogP contribution in [0.4, 0.5) is 13.2 Å². The van der Waals surface area contributed by atoms with Crippen LogP contribution in [0, 0.1) is 0 Å². The molecule has 126 valence electrons. The van der Waals surface area contributed by atoms with E-state index in [4.69, 9.17) is 5.11 Å². The third-order valence-electron chi connectivity index (χ3n) is 3.97. The number of H-pyrrole nitrogens is 1. The van der Waals surface area contributed by atoms with Crippen molar-refractivity contribution >= 4 is 11.9 Å². The Morgan fingerprint density at radius 1 is 1.21 bits per heavy atom. The van der Waals surface area contributed by atoms with Crippen LogP contribution in [0.2, 0.25) is 0 Å². The van der Waals surface area contributed by atoms with Gasteiger partial charge in [-0.25, -0.2) is 4.79 Å². The number of nitrogens with one attached hydrogen (secondary N) is 1. The molecule has 8 heteroatoms. The maximum Gasteiger partial charge on any atom is 0.417 e. The zero-order chi connectivity index (χ0) is 17.5. The van der Waals surface area contributed by atoms with Crippen molar-refractivity contribution in [1.82, 2.24) is 9.88 Å². The molecule has 3 rings (SSSR count). The van der Waals surface area contributed by atoms with Crippen LogP contribution in [0.5, 0.6) is 0 Å². The lowest BCUT2D eigenvalue weighted by Crippen LogP contribution is -2.36. The summed E-state index contributed by atoms with van der Waals surface area (Å²) in [7, 11) is 0. The lowest BCUT2D eigenvalue weighted by molar-refractivity contribution is -0.138. The number of carboxylic acids is 1. The lowest BCUT2D eigenvalue weighted by Gasteiger charge is -2.28. The first-order valence-corrected chi connectivity index (χ1v) is 7.17. The number of carbonyl (C=O) groups is 2. The highest BCUT2D eigenvalue weighted by Crippen LogP contribution is 2.33. The van der Waals surface area contributed by atoms with Gasteiger partial charge in [0.05, 0.1) is 17.7 Å². The predicted octanol–water partition coefficient (Wildman–Crippen LogP) is 2.93. The van der Waals surface area contributed by atoms with Gasteiger partial charge in [0.2, 0.25) is 0 Å². The van der Waals surface area contributed by atoms with Gasteiger partial charge in [-0.05, 0) is 30.2 Å². The zero-order valence-corrected chi connectivity index (χ0v) is 12.4. The third kappa shape index (κ3) is 2.86. The molecule has 2 aromatic rings. The fraction of sp³-hybridized carbons (Fsp3) is 0.250. The standard InChI is InChI=1S/C16H13F3N2O3/c17-16(18,19)11-4-2-1-3-10(11)14(22)21-6-5-9-7-12(15(23)24)20-13(9)8-21/h1-4,7,20H,5-6,8H2,(H,23,24). The summed E-state index contributed by atoms with van der Waals surface area (Å²) in [6, 6.07) is 6.13.